The number of hydrogen-bond donors (Lipinski definition) is 0. The van der Waals surface area contributed by atoms with Crippen LogP contribution in [0.3, 0.4) is 0 Å². The van der Waals surface area contributed by atoms with Gasteiger partial charge in [-0.05, 0) is 24.3 Å². The van der Waals surface area contributed by atoms with E-state index in [1.165, 1.54) is 53.2 Å². The van der Waals surface area contributed by atoms with Crippen LogP contribution < -0.4 is 4.74 Å². The SMILES string of the molecule is CC(C)(C)c1cc(OC(=O)c2ccc([N+](=O)[O-])cc2)n(-c2ccc([N+](=O)[O-])cc2)n1. The van der Waals surface area contributed by atoms with E-state index in [4.69, 9.17) is 4.74 Å². The normalized spacial score (nSPS) is 11.2. The Labute approximate surface area is 171 Å². The number of carbonyl (C=O) groups excluding carboxylic acids is 1. The number of nitrogens with zero attached hydrogens (tertiary/aromatic N) is 4. The highest BCUT2D eigenvalue weighted by Gasteiger charge is 2.23. The Morgan fingerprint density at radius 2 is 1.43 bits per heavy atom. The Balaban J connectivity index is 1.96. The van der Waals surface area contributed by atoms with Crippen molar-refractivity contribution in [1.82, 2.24) is 9.78 Å². The number of rotatable bonds is 5. The molecule has 0 fully saturated rings. The van der Waals surface area contributed by atoms with Crippen molar-refractivity contribution in [3.8, 4) is 11.6 Å². The first-order chi connectivity index (χ1) is 14.1. The number of hydrogen-bond acceptors (Lipinski definition) is 7. The molecule has 0 amide bonds. The van der Waals surface area contributed by atoms with E-state index in [-0.39, 0.29) is 28.2 Å². The Morgan fingerprint density at radius 1 is 0.933 bits per heavy atom. The van der Waals surface area contributed by atoms with Crippen LogP contribution in [0.1, 0.15) is 36.8 Å². The van der Waals surface area contributed by atoms with Gasteiger partial charge in [-0.25, -0.2) is 9.48 Å². The maximum atomic E-state index is 12.6. The van der Waals surface area contributed by atoms with E-state index in [0.29, 0.717) is 11.4 Å². The van der Waals surface area contributed by atoms with Crippen LogP contribution >= 0.6 is 0 Å². The van der Waals surface area contributed by atoms with Crippen molar-refractivity contribution < 1.29 is 19.4 Å². The van der Waals surface area contributed by atoms with Gasteiger partial charge >= 0.3 is 5.97 Å². The van der Waals surface area contributed by atoms with Crippen molar-refractivity contribution >= 4 is 17.3 Å². The van der Waals surface area contributed by atoms with E-state index >= 15 is 0 Å². The fourth-order valence-corrected chi connectivity index (χ4v) is 2.58. The highest BCUT2D eigenvalue weighted by atomic mass is 16.6. The van der Waals surface area contributed by atoms with Gasteiger partial charge < -0.3 is 4.74 Å². The molecule has 0 saturated carbocycles. The minimum absolute atomic E-state index is 0.0774. The Morgan fingerprint density at radius 3 is 1.90 bits per heavy atom. The molecular weight excluding hydrogens is 392 g/mol. The Bertz CT molecular complexity index is 1110. The molecule has 1 heterocycles. The maximum absolute atomic E-state index is 12.6. The van der Waals surface area contributed by atoms with E-state index < -0.39 is 15.8 Å². The number of nitro groups is 2. The molecule has 0 saturated heterocycles. The smallest absolute Gasteiger partial charge is 0.344 e. The molecule has 0 bridgehead atoms. The zero-order valence-electron chi connectivity index (χ0n) is 16.4. The summed E-state index contributed by atoms with van der Waals surface area (Å²) in [5, 5.41) is 26.2. The summed E-state index contributed by atoms with van der Waals surface area (Å²) >= 11 is 0. The van der Waals surface area contributed by atoms with Crippen LogP contribution in [-0.4, -0.2) is 25.6 Å². The summed E-state index contributed by atoms with van der Waals surface area (Å²) in [4.78, 5) is 33.2. The maximum Gasteiger partial charge on any atom is 0.344 e. The van der Waals surface area contributed by atoms with Crippen molar-refractivity contribution in [3.05, 3.63) is 86.1 Å². The van der Waals surface area contributed by atoms with Gasteiger partial charge in [-0.1, -0.05) is 20.8 Å². The second kappa shape index (κ2) is 7.74. The minimum atomic E-state index is -0.714. The number of nitro benzene ring substituents is 2. The fourth-order valence-electron chi connectivity index (χ4n) is 2.58. The zero-order chi connectivity index (χ0) is 22.1. The fraction of sp³-hybridized carbons (Fsp3) is 0.200. The number of benzene rings is 2. The average molecular weight is 410 g/mol. The molecule has 0 atom stereocenters. The lowest BCUT2D eigenvalue weighted by Crippen LogP contribution is -2.13. The molecule has 154 valence electrons. The molecule has 10 nitrogen and oxygen atoms in total. The molecule has 10 heteroatoms. The lowest BCUT2D eigenvalue weighted by Gasteiger charge is -2.13. The van der Waals surface area contributed by atoms with Crippen LogP contribution in [0.2, 0.25) is 0 Å². The third kappa shape index (κ3) is 4.32. The molecule has 3 aromatic rings. The van der Waals surface area contributed by atoms with Gasteiger partial charge in [0.1, 0.15) is 0 Å². The first-order valence-electron chi connectivity index (χ1n) is 8.88. The van der Waals surface area contributed by atoms with Crippen molar-refractivity contribution in [2.45, 2.75) is 26.2 Å². The van der Waals surface area contributed by atoms with E-state index in [1.807, 2.05) is 20.8 Å². The molecule has 0 N–H and O–H groups in total. The molecule has 0 spiro atoms. The lowest BCUT2D eigenvalue weighted by atomic mass is 9.93. The standard InChI is InChI=1S/C20H18N4O6/c1-20(2,3)17-12-18(22(21-17)14-8-10-16(11-9-14)24(28)29)30-19(25)13-4-6-15(7-5-13)23(26)27/h4-12H,1-3H3. The second-order valence-electron chi connectivity index (χ2n) is 7.50. The average Bonchev–Trinajstić information content (AvgIpc) is 3.12. The summed E-state index contributed by atoms with van der Waals surface area (Å²) in [6, 6.07) is 12.3. The van der Waals surface area contributed by atoms with Gasteiger partial charge in [0.2, 0.25) is 5.88 Å². The van der Waals surface area contributed by atoms with Crippen LogP contribution in [0.25, 0.3) is 5.69 Å². The van der Waals surface area contributed by atoms with Crippen LogP contribution in [0.15, 0.2) is 54.6 Å². The minimum Gasteiger partial charge on any atom is -0.404 e. The van der Waals surface area contributed by atoms with Crippen molar-refractivity contribution in [2.24, 2.45) is 0 Å². The monoisotopic (exact) mass is 410 g/mol. The van der Waals surface area contributed by atoms with Crippen molar-refractivity contribution in [3.63, 3.8) is 0 Å². The summed E-state index contributed by atoms with van der Waals surface area (Å²) in [5.74, 6) is -0.592. The number of ether oxygens (including phenoxy) is 1. The van der Waals surface area contributed by atoms with Gasteiger partial charge in [-0.2, -0.15) is 5.10 Å². The third-order valence-electron chi connectivity index (χ3n) is 4.26. The van der Waals surface area contributed by atoms with E-state index in [9.17, 15) is 25.0 Å². The predicted molar refractivity (Wildman–Crippen MR) is 107 cm³/mol. The third-order valence-corrected chi connectivity index (χ3v) is 4.26. The first kappa shape index (κ1) is 20.6. The number of non-ortho nitro benzene ring substituents is 2. The molecule has 2 aromatic carbocycles. The number of esters is 1. The van der Waals surface area contributed by atoms with Crippen molar-refractivity contribution in [2.75, 3.05) is 0 Å². The molecule has 1 aromatic heterocycles. The van der Waals surface area contributed by atoms with Crippen LogP contribution in [0.5, 0.6) is 5.88 Å². The largest absolute Gasteiger partial charge is 0.404 e. The molecule has 0 aliphatic rings. The first-order valence-corrected chi connectivity index (χ1v) is 8.88. The molecule has 3 rings (SSSR count). The van der Waals surface area contributed by atoms with E-state index in [2.05, 4.69) is 5.10 Å². The molecule has 0 radical (unpaired) electrons. The Hall–Kier alpha value is -4.08. The number of aromatic nitrogens is 2. The molecule has 0 aliphatic carbocycles. The zero-order valence-corrected chi connectivity index (χ0v) is 16.4. The summed E-state index contributed by atoms with van der Waals surface area (Å²) in [6.45, 7) is 5.83. The van der Waals surface area contributed by atoms with E-state index in [1.54, 1.807) is 6.07 Å². The summed E-state index contributed by atoms with van der Waals surface area (Å²) in [5.41, 5.74) is 0.689. The number of carbonyl (C=O) groups is 1. The van der Waals surface area contributed by atoms with Gasteiger partial charge in [0.15, 0.2) is 0 Å². The highest BCUT2D eigenvalue weighted by molar-refractivity contribution is 5.91. The molecule has 0 aliphatic heterocycles. The predicted octanol–water partition coefficient (Wildman–Crippen LogP) is 4.21. The quantitative estimate of drug-likeness (QED) is 0.350. The van der Waals surface area contributed by atoms with Gasteiger partial charge in [-0.15, -0.1) is 0 Å². The van der Waals surface area contributed by atoms with E-state index in [0.717, 1.165) is 0 Å². The van der Waals surface area contributed by atoms with Gasteiger partial charge in [-0.3, -0.25) is 20.2 Å². The lowest BCUT2D eigenvalue weighted by molar-refractivity contribution is -0.385. The highest BCUT2D eigenvalue weighted by Crippen LogP contribution is 2.29. The topological polar surface area (TPSA) is 130 Å². The summed E-state index contributed by atoms with van der Waals surface area (Å²) < 4.78 is 6.88. The van der Waals surface area contributed by atoms with Crippen molar-refractivity contribution in [1.29, 1.82) is 0 Å². The van der Waals surface area contributed by atoms with Crippen LogP contribution in [-0.2, 0) is 5.41 Å². The Kier molecular flexibility index (Phi) is 5.33. The molecule has 0 unspecified atom stereocenters. The van der Waals surface area contributed by atoms with Gasteiger partial charge in [0, 0.05) is 35.7 Å². The van der Waals surface area contributed by atoms with Crippen LogP contribution in [0.4, 0.5) is 11.4 Å². The molecular formula is C20H18N4O6. The molecule has 30 heavy (non-hydrogen) atoms. The van der Waals surface area contributed by atoms with Gasteiger partial charge in [0.25, 0.3) is 11.4 Å². The van der Waals surface area contributed by atoms with Gasteiger partial charge in [0.05, 0.1) is 26.8 Å². The second-order valence-corrected chi connectivity index (χ2v) is 7.50. The van der Waals surface area contributed by atoms with Crippen LogP contribution in [0, 0.1) is 20.2 Å². The summed E-state index contributed by atoms with van der Waals surface area (Å²) in [7, 11) is 0. The summed E-state index contributed by atoms with van der Waals surface area (Å²) in [6.07, 6.45) is 0.